The molecule has 0 saturated carbocycles. The van der Waals surface area contributed by atoms with Crippen LogP contribution in [0, 0.1) is 0 Å². The fraction of sp³-hybridized carbons (Fsp3) is 0.348. The van der Waals surface area contributed by atoms with Crippen LogP contribution in [0.15, 0.2) is 53.4 Å². The SMILES string of the molecule is O=C1Cn2nnc(CNS(=O)(=O)c3ccc4c(c3)CCCC4)c2CN1Cc1ccccc1. The number of carbonyl (C=O) groups is 1. The number of rotatable bonds is 6. The monoisotopic (exact) mass is 451 g/mol. The molecule has 5 rings (SSSR count). The lowest BCUT2D eigenvalue weighted by Crippen LogP contribution is -2.39. The number of hydrogen-bond acceptors (Lipinski definition) is 5. The highest BCUT2D eigenvalue weighted by Crippen LogP contribution is 2.24. The zero-order chi connectivity index (χ0) is 22.1. The number of benzene rings is 2. The van der Waals surface area contributed by atoms with Gasteiger partial charge in [-0.1, -0.05) is 41.6 Å². The van der Waals surface area contributed by atoms with Crippen molar-refractivity contribution in [2.24, 2.45) is 0 Å². The molecule has 1 aromatic heterocycles. The minimum absolute atomic E-state index is 0.0299. The Morgan fingerprint density at radius 2 is 1.75 bits per heavy atom. The molecule has 2 aliphatic rings. The van der Waals surface area contributed by atoms with E-state index >= 15 is 0 Å². The van der Waals surface area contributed by atoms with Crippen LogP contribution in [-0.4, -0.2) is 34.2 Å². The summed E-state index contributed by atoms with van der Waals surface area (Å²) in [6.07, 6.45) is 4.17. The van der Waals surface area contributed by atoms with Crippen molar-refractivity contribution in [2.75, 3.05) is 0 Å². The maximum Gasteiger partial charge on any atom is 0.245 e. The van der Waals surface area contributed by atoms with Crippen molar-refractivity contribution in [2.45, 2.75) is 56.8 Å². The number of carbonyl (C=O) groups excluding carboxylic acids is 1. The smallest absolute Gasteiger partial charge is 0.245 e. The summed E-state index contributed by atoms with van der Waals surface area (Å²) < 4.78 is 30.0. The molecule has 2 heterocycles. The van der Waals surface area contributed by atoms with Gasteiger partial charge in [0.25, 0.3) is 0 Å². The lowest BCUT2D eigenvalue weighted by Gasteiger charge is -2.27. The number of aryl methyl sites for hydroxylation is 2. The summed E-state index contributed by atoms with van der Waals surface area (Å²) in [5, 5.41) is 8.21. The zero-order valence-electron chi connectivity index (χ0n) is 17.7. The molecule has 0 unspecified atom stereocenters. The van der Waals surface area contributed by atoms with E-state index in [0.29, 0.717) is 18.8 Å². The molecule has 0 saturated heterocycles. The van der Waals surface area contributed by atoms with E-state index in [1.807, 2.05) is 36.4 Å². The van der Waals surface area contributed by atoms with Crippen LogP contribution >= 0.6 is 0 Å². The Bertz CT molecular complexity index is 1250. The van der Waals surface area contributed by atoms with Crippen molar-refractivity contribution in [1.29, 1.82) is 0 Å². The number of aromatic nitrogens is 3. The van der Waals surface area contributed by atoms with Gasteiger partial charge in [-0.15, -0.1) is 5.10 Å². The molecule has 0 radical (unpaired) electrons. The van der Waals surface area contributed by atoms with Crippen molar-refractivity contribution in [3.8, 4) is 0 Å². The zero-order valence-corrected chi connectivity index (χ0v) is 18.5. The third-order valence-corrected chi connectivity index (χ3v) is 7.57. The van der Waals surface area contributed by atoms with E-state index in [1.165, 1.54) is 5.56 Å². The van der Waals surface area contributed by atoms with Crippen LogP contribution < -0.4 is 4.72 Å². The predicted octanol–water partition coefficient (Wildman–Crippen LogP) is 2.18. The first-order valence-electron chi connectivity index (χ1n) is 10.8. The molecule has 166 valence electrons. The quantitative estimate of drug-likeness (QED) is 0.620. The molecule has 0 bridgehead atoms. The van der Waals surface area contributed by atoms with Crippen molar-refractivity contribution >= 4 is 15.9 Å². The van der Waals surface area contributed by atoms with Crippen molar-refractivity contribution in [3.05, 3.63) is 76.6 Å². The standard InChI is InChI=1S/C23H25N5O3S/c29-23-16-28-22(15-27(23)14-17-6-2-1-3-7-17)21(25-26-28)13-24-32(30,31)20-11-10-18-8-4-5-9-19(18)12-20/h1-3,6-7,10-12,24H,4-5,8-9,13-16H2. The molecular weight excluding hydrogens is 426 g/mol. The Labute approximate surface area is 187 Å². The average Bonchev–Trinajstić information content (AvgIpc) is 3.20. The van der Waals surface area contributed by atoms with Gasteiger partial charge in [0.05, 0.1) is 23.7 Å². The molecule has 0 atom stereocenters. The molecule has 0 fully saturated rings. The third kappa shape index (κ3) is 4.18. The van der Waals surface area contributed by atoms with Gasteiger partial charge in [-0.3, -0.25) is 4.79 Å². The van der Waals surface area contributed by atoms with E-state index < -0.39 is 10.0 Å². The molecule has 8 nitrogen and oxygen atoms in total. The topological polar surface area (TPSA) is 97.2 Å². The number of hydrogen-bond donors (Lipinski definition) is 1. The molecule has 3 aromatic rings. The van der Waals surface area contributed by atoms with Crippen LogP contribution in [-0.2, 0) is 53.8 Å². The number of nitrogens with zero attached hydrogens (tertiary/aromatic N) is 4. The third-order valence-electron chi connectivity index (χ3n) is 6.17. The Morgan fingerprint density at radius 3 is 2.56 bits per heavy atom. The van der Waals surface area contributed by atoms with E-state index in [-0.39, 0.29) is 23.9 Å². The molecule has 2 aromatic carbocycles. The molecular formula is C23H25N5O3S. The summed E-state index contributed by atoms with van der Waals surface area (Å²) >= 11 is 0. The van der Waals surface area contributed by atoms with E-state index in [0.717, 1.165) is 42.5 Å². The summed E-state index contributed by atoms with van der Waals surface area (Å²) in [5.41, 5.74) is 4.70. The minimum atomic E-state index is -3.68. The Balaban J connectivity index is 1.31. The first-order chi connectivity index (χ1) is 15.5. The summed E-state index contributed by atoms with van der Waals surface area (Å²) in [4.78, 5) is 14.5. The Hall–Kier alpha value is -3.04. The van der Waals surface area contributed by atoms with E-state index in [1.54, 1.807) is 21.7 Å². The highest BCUT2D eigenvalue weighted by molar-refractivity contribution is 7.89. The van der Waals surface area contributed by atoms with Crippen LogP contribution in [0.3, 0.4) is 0 Å². The molecule has 1 aliphatic carbocycles. The lowest BCUT2D eigenvalue weighted by atomic mass is 9.92. The number of amides is 1. The van der Waals surface area contributed by atoms with Gasteiger partial charge in [-0.2, -0.15) is 0 Å². The van der Waals surface area contributed by atoms with Crippen LogP contribution in [0.5, 0.6) is 0 Å². The molecule has 0 spiro atoms. The fourth-order valence-corrected chi connectivity index (χ4v) is 5.41. The van der Waals surface area contributed by atoms with Crippen molar-refractivity contribution < 1.29 is 13.2 Å². The van der Waals surface area contributed by atoms with Gasteiger partial charge in [0.1, 0.15) is 12.2 Å². The maximum absolute atomic E-state index is 12.9. The van der Waals surface area contributed by atoms with Crippen molar-refractivity contribution in [1.82, 2.24) is 24.6 Å². The molecule has 1 N–H and O–H groups in total. The Kier molecular flexibility index (Phi) is 5.52. The van der Waals surface area contributed by atoms with Gasteiger partial charge < -0.3 is 4.90 Å². The van der Waals surface area contributed by atoms with Gasteiger partial charge in [-0.05, 0) is 54.5 Å². The minimum Gasteiger partial charge on any atom is -0.331 e. The van der Waals surface area contributed by atoms with Crippen LogP contribution in [0.2, 0.25) is 0 Å². The number of fused-ring (bicyclic) bond motifs is 2. The van der Waals surface area contributed by atoms with Gasteiger partial charge >= 0.3 is 0 Å². The summed E-state index contributed by atoms with van der Waals surface area (Å²) in [7, 11) is -3.68. The second-order valence-corrected chi connectivity index (χ2v) is 10.1. The summed E-state index contributed by atoms with van der Waals surface area (Å²) in [6, 6.07) is 15.2. The van der Waals surface area contributed by atoms with Gasteiger partial charge in [0, 0.05) is 6.54 Å². The number of sulfonamides is 1. The molecule has 9 heteroatoms. The largest absolute Gasteiger partial charge is 0.331 e. The van der Waals surface area contributed by atoms with Gasteiger partial charge in [0.15, 0.2) is 0 Å². The average molecular weight is 452 g/mol. The van der Waals surface area contributed by atoms with Gasteiger partial charge in [-0.25, -0.2) is 17.8 Å². The van der Waals surface area contributed by atoms with Crippen LogP contribution in [0.4, 0.5) is 0 Å². The molecule has 1 amide bonds. The normalized spacial score (nSPS) is 16.0. The second kappa shape index (κ2) is 8.48. The van der Waals surface area contributed by atoms with E-state index in [2.05, 4.69) is 15.0 Å². The highest BCUT2D eigenvalue weighted by atomic mass is 32.2. The maximum atomic E-state index is 12.9. The predicted molar refractivity (Wildman–Crippen MR) is 118 cm³/mol. The first kappa shape index (κ1) is 20.8. The second-order valence-electron chi connectivity index (χ2n) is 8.34. The first-order valence-corrected chi connectivity index (χ1v) is 12.3. The van der Waals surface area contributed by atoms with Crippen LogP contribution in [0.1, 0.15) is 40.9 Å². The van der Waals surface area contributed by atoms with Crippen molar-refractivity contribution in [3.63, 3.8) is 0 Å². The molecule has 1 aliphatic heterocycles. The summed E-state index contributed by atoms with van der Waals surface area (Å²) in [6.45, 7) is 0.969. The van der Waals surface area contributed by atoms with E-state index in [9.17, 15) is 13.2 Å². The molecule has 32 heavy (non-hydrogen) atoms. The fourth-order valence-electron chi connectivity index (χ4n) is 4.37. The van der Waals surface area contributed by atoms with Crippen LogP contribution in [0.25, 0.3) is 0 Å². The Morgan fingerprint density at radius 1 is 0.969 bits per heavy atom. The van der Waals surface area contributed by atoms with Gasteiger partial charge in [0.2, 0.25) is 15.9 Å². The number of nitrogens with one attached hydrogen (secondary N) is 1. The summed E-state index contributed by atoms with van der Waals surface area (Å²) in [5.74, 6) is -0.0348. The highest BCUT2D eigenvalue weighted by Gasteiger charge is 2.28. The van der Waals surface area contributed by atoms with E-state index in [4.69, 9.17) is 0 Å². The lowest BCUT2D eigenvalue weighted by molar-refractivity contribution is -0.135.